The molecule has 0 nitrogen and oxygen atoms in total. The maximum Gasteiger partial charge on any atom is 1.00 e. The van der Waals surface area contributed by atoms with Gasteiger partial charge in [-0.15, -0.1) is 0 Å². The molecule has 11 heavy (non-hydrogen) atoms. The summed E-state index contributed by atoms with van der Waals surface area (Å²) in [6, 6.07) is 0. The summed E-state index contributed by atoms with van der Waals surface area (Å²) < 4.78 is 0. The van der Waals surface area contributed by atoms with Crippen molar-refractivity contribution >= 4 is 0 Å². The number of hydrogen-bond acceptors (Lipinski definition) is 0. The van der Waals surface area contributed by atoms with Gasteiger partial charge in [0.15, 0.2) is 0 Å². The third kappa shape index (κ3) is 13.3. The van der Waals surface area contributed by atoms with Crippen molar-refractivity contribution in [1.82, 2.24) is 0 Å². The third-order valence-corrected chi connectivity index (χ3v) is 1.63. The van der Waals surface area contributed by atoms with E-state index in [2.05, 4.69) is 26.0 Å². The van der Waals surface area contributed by atoms with E-state index < -0.39 is 0 Å². The minimum atomic E-state index is 0. The van der Waals surface area contributed by atoms with Crippen LogP contribution < -0.4 is 18.9 Å². The van der Waals surface area contributed by atoms with Gasteiger partial charge in [0.2, 0.25) is 0 Å². The second kappa shape index (κ2) is 13.0. The van der Waals surface area contributed by atoms with Crippen molar-refractivity contribution in [3.8, 4) is 0 Å². The molecular weight excluding hydrogens is 127 g/mol. The Kier molecular flexibility index (Phi) is 16.4. The van der Waals surface area contributed by atoms with E-state index in [0.717, 1.165) is 0 Å². The zero-order chi connectivity index (χ0) is 7.66. The summed E-state index contributed by atoms with van der Waals surface area (Å²) >= 11 is 0. The van der Waals surface area contributed by atoms with E-state index in [-0.39, 0.29) is 20.3 Å². The number of allylic oxidation sites excluding steroid dienone is 2. The Morgan fingerprint density at radius 3 is 2.27 bits per heavy atom. The molecule has 0 amide bonds. The van der Waals surface area contributed by atoms with E-state index >= 15 is 0 Å². The average molecular weight is 148 g/mol. The predicted octanol–water partition coefficient (Wildman–Crippen LogP) is 1.04. The van der Waals surface area contributed by atoms with Crippen molar-refractivity contribution in [2.75, 3.05) is 0 Å². The predicted molar refractivity (Wildman–Crippen MR) is 49.3 cm³/mol. The molecule has 0 aliphatic rings. The molecule has 0 aliphatic heterocycles. The van der Waals surface area contributed by atoms with Crippen LogP contribution in [0.25, 0.3) is 0 Å². The fraction of sp³-hybridized carbons (Fsp3) is 0.800. The van der Waals surface area contributed by atoms with Gasteiger partial charge in [-0.1, -0.05) is 45.3 Å². The van der Waals surface area contributed by atoms with Gasteiger partial charge in [-0.25, -0.2) is 0 Å². The zero-order valence-electron chi connectivity index (χ0n) is 9.40. The Balaban J connectivity index is -0.000000405. The van der Waals surface area contributed by atoms with Crippen LogP contribution in [-0.2, 0) is 0 Å². The average Bonchev–Trinajstić information content (AvgIpc) is 1.97. The summed E-state index contributed by atoms with van der Waals surface area (Å²) in [6.45, 7) is 4.43. The van der Waals surface area contributed by atoms with Crippen molar-refractivity contribution in [3.63, 3.8) is 0 Å². The molecule has 0 heterocycles. The quantitative estimate of drug-likeness (QED) is 0.300. The Morgan fingerprint density at radius 1 is 1.00 bits per heavy atom. The first-order valence-electron chi connectivity index (χ1n) is 4.56. The van der Waals surface area contributed by atoms with Crippen LogP contribution in [-0.4, -0.2) is 0 Å². The zero-order valence-corrected chi connectivity index (χ0v) is 8.40. The van der Waals surface area contributed by atoms with Gasteiger partial charge in [-0.05, 0) is 19.3 Å². The molecule has 0 bridgehead atoms. The van der Waals surface area contributed by atoms with Gasteiger partial charge in [0.05, 0.1) is 0 Å². The summed E-state index contributed by atoms with van der Waals surface area (Å²) in [4.78, 5) is 0. The molecule has 0 radical (unpaired) electrons. The van der Waals surface area contributed by atoms with E-state index in [1.54, 1.807) is 0 Å². The Hall–Kier alpha value is 0.337. The number of rotatable bonds is 6. The molecule has 0 aromatic carbocycles. The molecule has 0 saturated heterocycles. The molecule has 0 N–H and O–H groups in total. The van der Waals surface area contributed by atoms with Gasteiger partial charge in [-0.2, -0.15) is 0 Å². The SMILES string of the molecule is CC/C=C\CCCCCC.[H-].[Li+]. The van der Waals surface area contributed by atoms with Crippen LogP contribution >= 0.6 is 0 Å². The third-order valence-electron chi connectivity index (χ3n) is 1.63. The molecule has 0 atom stereocenters. The van der Waals surface area contributed by atoms with Crippen LogP contribution in [0.3, 0.4) is 0 Å². The standard InChI is InChI=1S/C10H20.Li.H/c1-3-5-7-9-10-8-6-4-2;;/h5,7H,3-4,6,8-10H2,1-2H3;;/q;+1;-1/b7-5-;;. The molecular formula is C10H21Li. The largest absolute Gasteiger partial charge is 1.00 e. The van der Waals surface area contributed by atoms with E-state index in [4.69, 9.17) is 0 Å². The molecule has 1 heteroatoms. The summed E-state index contributed by atoms with van der Waals surface area (Å²) in [5.74, 6) is 0. The minimum absolute atomic E-state index is 0. The van der Waals surface area contributed by atoms with Gasteiger partial charge in [-0.3, -0.25) is 0 Å². The van der Waals surface area contributed by atoms with Crippen molar-refractivity contribution in [1.29, 1.82) is 0 Å². The molecule has 0 spiro atoms. The van der Waals surface area contributed by atoms with E-state index in [0.29, 0.717) is 0 Å². The minimum Gasteiger partial charge on any atom is -1.00 e. The van der Waals surface area contributed by atoms with Gasteiger partial charge in [0, 0.05) is 0 Å². The van der Waals surface area contributed by atoms with Crippen LogP contribution in [0.1, 0.15) is 53.8 Å². The topological polar surface area (TPSA) is 0 Å². The molecule has 62 valence electrons. The van der Waals surface area contributed by atoms with Crippen LogP contribution in [0.15, 0.2) is 12.2 Å². The van der Waals surface area contributed by atoms with Crippen LogP contribution in [0, 0.1) is 0 Å². The van der Waals surface area contributed by atoms with Crippen LogP contribution in [0.4, 0.5) is 0 Å². The second-order valence-electron chi connectivity index (χ2n) is 2.73. The molecule has 0 aromatic rings. The van der Waals surface area contributed by atoms with E-state index in [1.807, 2.05) is 0 Å². The van der Waals surface area contributed by atoms with E-state index in [1.165, 1.54) is 38.5 Å². The van der Waals surface area contributed by atoms with E-state index in [9.17, 15) is 0 Å². The maximum absolute atomic E-state index is 2.30. The van der Waals surface area contributed by atoms with Crippen molar-refractivity contribution in [2.45, 2.75) is 52.4 Å². The maximum atomic E-state index is 2.30. The Labute approximate surface area is 85.1 Å². The first-order valence-corrected chi connectivity index (χ1v) is 4.56. The Morgan fingerprint density at radius 2 is 1.73 bits per heavy atom. The van der Waals surface area contributed by atoms with Gasteiger partial charge in [0.1, 0.15) is 0 Å². The molecule has 0 saturated carbocycles. The molecule has 0 aromatic heterocycles. The smallest absolute Gasteiger partial charge is 1.00 e. The number of hydrogen-bond donors (Lipinski definition) is 0. The van der Waals surface area contributed by atoms with Crippen LogP contribution in [0.5, 0.6) is 0 Å². The second-order valence-corrected chi connectivity index (χ2v) is 2.73. The normalized spacial score (nSPS) is 10.0. The molecule has 0 fully saturated rings. The first kappa shape index (κ1) is 13.9. The summed E-state index contributed by atoms with van der Waals surface area (Å²) in [7, 11) is 0. The number of unbranched alkanes of at least 4 members (excludes halogenated alkanes) is 4. The van der Waals surface area contributed by atoms with Crippen molar-refractivity contribution in [3.05, 3.63) is 12.2 Å². The molecule has 0 unspecified atom stereocenters. The van der Waals surface area contributed by atoms with Gasteiger partial charge >= 0.3 is 18.9 Å². The first-order chi connectivity index (χ1) is 4.91. The fourth-order valence-electron chi connectivity index (χ4n) is 0.973. The van der Waals surface area contributed by atoms with Gasteiger partial charge < -0.3 is 1.43 Å². The monoisotopic (exact) mass is 148 g/mol. The molecule has 0 aliphatic carbocycles. The summed E-state index contributed by atoms with van der Waals surface area (Å²) in [6.07, 6.45) is 12.6. The van der Waals surface area contributed by atoms with Crippen LogP contribution in [0.2, 0.25) is 0 Å². The Bertz CT molecular complexity index is 81.9. The summed E-state index contributed by atoms with van der Waals surface area (Å²) in [5.41, 5.74) is 0. The molecule has 0 rings (SSSR count). The van der Waals surface area contributed by atoms with Crippen molar-refractivity contribution < 1.29 is 20.3 Å². The van der Waals surface area contributed by atoms with Crippen molar-refractivity contribution in [2.24, 2.45) is 0 Å². The fourth-order valence-corrected chi connectivity index (χ4v) is 0.973. The van der Waals surface area contributed by atoms with Gasteiger partial charge in [0.25, 0.3) is 0 Å². The summed E-state index contributed by atoms with van der Waals surface area (Å²) in [5, 5.41) is 0.